The number of carbonyl (C=O) groups is 1. The molecule has 1 nitrogen and oxygen atoms in total. The van der Waals surface area contributed by atoms with Gasteiger partial charge in [0.15, 0.2) is 5.78 Å². The van der Waals surface area contributed by atoms with E-state index in [2.05, 4.69) is 0 Å². The van der Waals surface area contributed by atoms with Gasteiger partial charge in [0.25, 0.3) is 0 Å². The number of rotatable bonds is 0. The van der Waals surface area contributed by atoms with Crippen LogP contribution in [0, 0.1) is 0 Å². The summed E-state index contributed by atoms with van der Waals surface area (Å²) >= 11 is 0. The van der Waals surface area contributed by atoms with Crippen LogP contribution >= 0.6 is 0 Å². The first-order valence-corrected chi connectivity index (χ1v) is 2.09. The molecule has 0 aromatic heterocycles. The normalized spacial score (nSPS) is 16.9. The maximum Gasteiger partial charge on any atom is 0.155 e. The average molecular weight is 161 g/mol. The Hall–Kier alpha value is -0.0705. The number of hydrogen-bond acceptors (Lipinski definition) is 1. The van der Waals surface area contributed by atoms with Crippen LogP contribution in [-0.2, 0) is 4.79 Å². The third-order valence-electron chi connectivity index (χ3n) is 0.861. The van der Waals surface area contributed by atoms with Crippen LogP contribution in [0.5, 0.6) is 0 Å². The molecule has 0 unspecified atom stereocenters. The van der Waals surface area contributed by atoms with Crippen LogP contribution in [0.3, 0.4) is 0 Å². The molecule has 0 fully saturated rings. The first-order valence-electron chi connectivity index (χ1n) is 2.09. The van der Waals surface area contributed by atoms with E-state index in [0.717, 1.165) is 12.8 Å². The molecule has 0 saturated heterocycles. The van der Waals surface area contributed by atoms with Crippen molar-refractivity contribution in [2.75, 3.05) is 0 Å². The van der Waals surface area contributed by atoms with E-state index in [-0.39, 0.29) is 22.9 Å². The van der Waals surface area contributed by atoms with Crippen LogP contribution in [0.1, 0.15) is 12.8 Å². The van der Waals surface area contributed by atoms with Crippen LogP contribution < -0.4 is 0 Å². The summed E-state index contributed by atoms with van der Waals surface area (Å²) in [6.07, 6.45) is 5.24. The molecule has 7 heavy (non-hydrogen) atoms. The van der Waals surface area contributed by atoms with Gasteiger partial charge in [0, 0.05) is 23.5 Å². The average Bonchev–Trinajstić information content (AvgIpc) is 1.86. The van der Waals surface area contributed by atoms with E-state index in [1.165, 1.54) is 0 Å². The Morgan fingerprint density at radius 3 is 2.43 bits per heavy atom. The fraction of sp³-hybridized carbons (Fsp3) is 0.400. The van der Waals surface area contributed by atoms with E-state index in [4.69, 9.17) is 0 Å². The number of carbonyl (C=O) groups excluding carboxylic acids is 1. The topological polar surface area (TPSA) is 17.1 Å². The molecule has 0 N–H and O–H groups in total. The molecule has 0 atom stereocenters. The van der Waals surface area contributed by atoms with Gasteiger partial charge in [-0.2, -0.15) is 0 Å². The summed E-state index contributed by atoms with van der Waals surface area (Å²) in [6.45, 7) is 0. The van der Waals surface area contributed by atoms with E-state index in [1.54, 1.807) is 6.08 Å². The number of ketones is 1. The Morgan fingerprint density at radius 1 is 1.57 bits per heavy atom. The van der Waals surface area contributed by atoms with E-state index in [1.807, 2.05) is 6.08 Å². The largest absolute Gasteiger partial charge is 0.295 e. The zero-order valence-corrected chi connectivity index (χ0v) is 5.60. The van der Waals surface area contributed by atoms with Gasteiger partial charge in [-0.1, -0.05) is 6.08 Å². The minimum atomic E-state index is 0. The molecule has 38 valence electrons. The second-order valence-corrected chi connectivity index (χ2v) is 1.41. The number of hydrogen-bond donors (Lipinski definition) is 0. The predicted molar refractivity (Wildman–Crippen MR) is 29.1 cm³/mol. The van der Waals surface area contributed by atoms with Gasteiger partial charge in [-0.25, -0.2) is 0 Å². The molecule has 0 spiro atoms. The monoisotopic (exact) mass is 162 g/mol. The third kappa shape index (κ3) is 1.91. The van der Waals surface area contributed by atoms with Crippen molar-refractivity contribution in [2.24, 2.45) is 0 Å². The van der Waals surface area contributed by atoms with Crippen molar-refractivity contribution in [3.05, 3.63) is 12.2 Å². The van der Waals surface area contributed by atoms with Crippen molar-refractivity contribution in [1.29, 1.82) is 0 Å². The molecule has 0 heterocycles. The summed E-state index contributed by atoms with van der Waals surface area (Å²) in [5, 5.41) is 0. The van der Waals surface area contributed by atoms with Gasteiger partial charge in [-0.05, 0) is 12.5 Å². The standard InChI is InChI=1S/C5H6O.Se/c6-5-3-1-2-4-5;/h1,3H,2,4H2;. The van der Waals surface area contributed by atoms with Gasteiger partial charge in [0.05, 0.1) is 0 Å². The van der Waals surface area contributed by atoms with Crippen molar-refractivity contribution in [3.63, 3.8) is 0 Å². The van der Waals surface area contributed by atoms with Crippen LogP contribution in [0.25, 0.3) is 0 Å². The van der Waals surface area contributed by atoms with Crippen molar-refractivity contribution >= 4 is 22.9 Å². The molecule has 0 aromatic rings. The van der Waals surface area contributed by atoms with E-state index in [0.29, 0.717) is 0 Å². The minimum absolute atomic E-state index is 0. The third-order valence-corrected chi connectivity index (χ3v) is 0.861. The zero-order chi connectivity index (χ0) is 4.41. The molecule has 1 aliphatic rings. The fourth-order valence-electron chi connectivity index (χ4n) is 0.524. The smallest absolute Gasteiger partial charge is 0.155 e. The molecule has 1 aliphatic carbocycles. The molecular weight excluding hydrogens is 155 g/mol. The van der Waals surface area contributed by atoms with E-state index >= 15 is 0 Å². The fourth-order valence-corrected chi connectivity index (χ4v) is 0.524. The Bertz CT molecular complexity index is 96.3. The van der Waals surface area contributed by atoms with Gasteiger partial charge in [-0.3, -0.25) is 4.79 Å². The summed E-state index contributed by atoms with van der Waals surface area (Å²) in [5.41, 5.74) is 0. The van der Waals surface area contributed by atoms with Crippen LogP contribution in [-0.4, -0.2) is 22.9 Å². The summed E-state index contributed by atoms with van der Waals surface area (Å²) in [5.74, 6) is 0.273. The van der Waals surface area contributed by atoms with Crippen molar-refractivity contribution in [1.82, 2.24) is 0 Å². The first kappa shape index (κ1) is 6.93. The number of allylic oxidation sites excluding steroid dienone is 2. The SMILES string of the molecule is O=C1C=CCC1.[Se]. The van der Waals surface area contributed by atoms with E-state index < -0.39 is 0 Å². The Balaban J connectivity index is 0.000000360. The summed E-state index contributed by atoms with van der Waals surface area (Å²) in [4.78, 5) is 10.2. The van der Waals surface area contributed by atoms with Gasteiger partial charge in [0.1, 0.15) is 0 Å². The molecule has 2 radical (unpaired) electrons. The van der Waals surface area contributed by atoms with Crippen LogP contribution in [0.4, 0.5) is 0 Å². The van der Waals surface area contributed by atoms with Gasteiger partial charge in [0.2, 0.25) is 0 Å². The van der Waals surface area contributed by atoms with Gasteiger partial charge < -0.3 is 0 Å². The minimum Gasteiger partial charge on any atom is -0.295 e. The molecule has 0 aliphatic heterocycles. The maximum absolute atomic E-state index is 10.2. The zero-order valence-electron chi connectivity index (χ0n) is 3.89. The predicted octanol–water partition coefficient (Wildman–Crippen LogP) is 0.525. The summed E-state index contributed by atoms with van der Waals surface area (Å²) in [7, 11) is 0. The maximum atomic E-state index is 10.2. The van der Waals surface area contributed by atoms with Gasteiger partial charge in [-0.15, -0.1) is 0 Å². The molecule has 0 saturated carbocycles. The Kier molecular flexibility index (Phi) is 2.97. The Morgan fingerprint density at radius 2 is 2.29 bits per heavy atom. The second-order valence-electron chi connectivity index (χ2n) is 1.41. The van der Waals surface area contributed by atoms with Crippen molar-refractivity contribution in [3.8, 4) is 0 Å². The molecule has 0 bridgehead atoms. The molecule has 0 aromatic carbocycles. The van der Waals surface area contributed by atoms with Crippen molar-refractivity contribution < 1.29 is 4.79 Å². The van der Waals surface area contributed by atoms with Crippen molar-refractivity contribution in [2.45, 2.75) is 12.8 Å². The first-order chi connectivity index (χ1) is 2.89. The molecule has 1 rings (SSSR count). The van der Waals surface area contributed by atoms with Crippen LogP contribution in [0.15, 0.2) is 12.2 Å². The quantitative estimate of drug-likeness (QED) is 0.473. The molecule has 0 amide bonds. The van der Waals surface area contributed by atoms with Crippen LogP contribution in [0.2, 0.25) is 0 Å². The second kappa shape index (κ2) is 3.00. The summed E-state index contributed by atoms with van der Waals surface area (Å²) in [6, 6.07) is 0. The van der Waals surface area contributed by atoms with Gasteiger partial charge >= 0.3 is 0 Å². The summed E-state index contributed by atoms with van der Waals surface area (Å²) < 4.78 is 0. The Labute approximate surface area is 53.3 Å². The molecule has 2 heteroatoms. The molecular formula is C5H6OSe. The van der Waals surface area contributed by atoms with E-state index in [9.17, 15) is 4.79 Å².